The number of carbonyl (C=O) groups excluding carboxylic acids is 2. The minimum atomic E-state index is -0.312. The molecule has 1 aliphatic rings. The Bertz CT molecular complexity index is 827. The third-order valence-electron chi connectivity index (χ3n) is 5.37. The van der Waals surface area contributed by atoms with E-state index in [1.165, 1.54) is 12.1 Å². The molecule has 6 heteroatoms. The number of hydrogen-bond acceptors (Lipinski definition) is 3. The molecule has 1 heterocycles. The Hall–Kier alpha value is -2.63. The first kappa shape index (κ1) is 21.1. The Morgan fingerprint density at radius 2 is 1.79 bits per heavy atom. The summed E-state index contributed by atoms with van der Waals surface area (Å²) in [6.07, 6.45) is 3.72. The number of aryl methyl sites for hydroxylation is 1. The molecule has 2 amide bonds. The molecule has 0 spiro atoms. The summed E-state index contributed by atoms with van der Waals surface area (Å²) in [6.45, 7) is 5.14. The molecule has 0 aliphatic heterocycles. The third kappa shape index (κ3) is 5.68. The molecule has 0 radical (unpaired) electrons. The van der Waals surface area contributed by atoms with Crippen molar-refractivity contribution in [3.05, 3.63) is 59.3 Å². The molecule has 29 heavy (non-hydrogen) atoms. The predicted molar refractivity (Wildman–Crippen MR) is 108 cm³/mol. The van der Waals surface area contributed by atoms with Gasteiger partial charge in [0.1, 0.15) is 17.3 Å². The van der Waals surface area contributed by atoms with E-state index in [1.54, 1.807) is 21.9 Å². The van der Waals surface area contributed by atoms with Gasteiger partial charge in [-0.15, -0.1) is 0 Å². The fraction of sp³-hybridized carbons (Fsp3) is 0.478. The molecular weight excluding hydrogens is 371 g/mol. The van der Waals surface area contributed by atoms with E-state index in [2.05, 4.69) is 0 Å². The maximum Gasteiger partial charge on any atom is 0.242 e. The average Bonchev–Trinajstić information content (AvgIpc) is 3.06. The molecule has 0 unspecified atom stereocenters. The number of nitrogens with zero attached hydrogens (tertiary/aromatic N) is 2. The summed E-state index contributed by atoms with van der Waals surface area (Å²) in [5, 5.41) is 0. The van der Waals surface area contributed by atoms with Gasteiger partial charge in [0.05, 0.1) is 13.1 Å². The number of benzene rings is 1. The van der Waals surface area contributed by atoms with Crippen molar-refractivity contribution >= 4 is 11.8 Å². The quantitative estimate of drug-likeness (QED) is 0.631. The zero-order chi connectivity index (χ0) is 20.8. The van der Waals surface area contributed by atoms with E-state index in [4.69, 9.17) is 4.42 Å². The molecule has 156 valence electrons. The smallest absolute Gasteiger partial charge is 0.242 e. The SMILES string of the molecule is CCCN(CC(=O)N(Cc1ccc(F)cc1)Cc1ccc(C)o1)C(=O)C1CCC1. The molecule has 1 aromatic carbocycles. The van der Waals surface area contributed by atoms with Gasteiger partial charge in [0, 0.05) is 19.0 Å². The second-order valence-electron chi connectivity index (χ2n) is 7.78. The van der Waals surface area contributed by atoms with Crippen LogP contribution in [-0.2, 0) is 22.7 Å². The summed E-state index contributed by atoms with van der Waals surface area (Å²) >= 11 is 0. The van der Waals surface area contributed by atoms with E-state index in [0.29, 0.717) is 25.4 Å². The first-order valence-electron chi connectivity index (χ1n) is 10.3. The van der Waals surface area contributed by atoms with Gasteiger partial charge in [0.25, 0.3) is 0 Å². The lowest BCUT2D eigenvalue weighted by Gasteiger charge is -2.32. The molecule has 1 aromatic heterocycles. The topological polar surface area (TPSA) is 53.8 Å². The molecule has 3 rings (SSSR count). The number of hydrogen-bond donors (Lipinski definition) is 0. The standard InChI is InChI=1S/C23H29FN2O3/c1-3-13-25(23(28)19-5-4-6-19)16-22(27)26(15-21-12-7-17(2)29-21)14-18-8-10-20(24)11-9-18/h7-12,19H,3-6,13-16H2,1-2H3. The summed E-state index contributed by atoms with van der Waals surface area (Å²) in [5.41, 5.74) is 0.829. The summed E-state index contributed by atoms with van der Waals surface area (Å²) < 4.78 is 18.9. The van der Waals surface area contributed by atoms with Crippen LogP contribution < -0.4 is 0 Å². The lowest BCUT2D eigenvalue weighted by Crippen LogP contribution is -2.46. The summed E-state index contributed by atoms with van der Waals surface area (Å²) in [5.74, 6) is 1.17. The molecule has 0 saturated heterocycles. The zero-order valence-corrected chi connectivity index (χ0v) is 17.2. The van der Waals surface area contributed by atoms with Gasteiger partial charge in [-0.2, -0.15) is 0 Å². The minimum Gasteiger partial charge on any atom is -0.464 e. The Labute approximate surface area is 171 Å². The normalized spacial score (nSPS) is 13.8. The van der Waals surface area contributed by atoms with Crippen LogP contribution in [0.15, 0.2) is 40.8 Å². The van der Waals surface area contributed by atoms with Crippen LogP contribution >= 0.6 is 0 Å². The molecule has 0 atom stereocenters. The molecule has 5 nitrogen and oxygen atoms in total. The van der Waals surface area contributed by atoms with Crippen LogP contribution in [0.3, 0.4) is 0 Å². The number of halogens is 1. The van der Waals surface area contributed by atoms with Crippen LogP contribution in [0.1, 0.15) is 49.7 Å². The first-order chi connectivity index (χ1) is 14.0. The van der Waals surface area contributed by atoms with Gasteiger partial charge in [-0.1, -0.05) is 25.5 Å². The van der Waals surface area contributed by atoms with Crippen LogP contribution in [0.25, 0.3) is 0 Å². The van der Waals surface area contributed by atoms with Gasteiger partial charge >= 0.3 is 0 Å². The van der Waals surface area contributed by atoms with Gasteiger partial charge in [-0.3, -0.25) is 9.59 Å². The monoisotopic (exact) mass is 400 g/mol. The van der Waals surface area contributed by atoms with Crippen molar-refractivity contribution in [1.82, 2.24) is 9.80 Å². The fourth-order valence-corrected chi connectivity index (χ4v) is 3.51. The largest absolute Gasteiger partial charge is 0.464 e. The molecule has 1 fully saturated rings. The van der Waals surface area contributed by atoms with Crippen molar-refractivity contribution in [2.75, 3.05) is 13.1 Å². The minimum absolute atomic E-state index is 0.0596. The van der Waals surface area contributed by atoms with Gasteiger partial charge in [0.15, 0.2) is 0 Å². The molecule has 1 aliphatic carbocycles. The predicted octanol–water partition coefficient (Wildman–Crippen LogP) is 4.29. The van der Waals surface area contributed by atoms with E-state index in [-0.39, 0.29) is 30.1 Å². The Morgan fingerprint density at radius 1 is 1.07 bits per heavy atom. The van der Waals surface area contributed by atoms with Crippen LogP contribution in [0.2, 0.25) is 0 Å². The van der Waals surface area contributed by atoms with Crippen molar-refractivity contribution in [3.63, 3.8) is 0 Å². The van der Waals surface area contributed by atoms with Crippen molar-refractivity contribution in [2.45, 2.75) is 52.6 Å². The van der Waals surface area contributed by atoms with E-state index in [0.717, 1.165) is 37.0 Å². The Morgan fingerprint density at radius 3 is 2.34 bits per heavy atom. The van der Waals surface area contributed by atoms with Crippen molar-refractivity contribution < 1.29 is 18.4 Å². The van der Waals surface area contributed by atoms with Gasteiger partial charge < -0.3 is 14.2 Å². The Balaban J connectivity index is 1.74. The average molecular weight is 400 g/mol. The van der Waals surface area contributed by atoms with Crippen LogP contribution in [-0.4, -0.2) is 34.7 Å². The molecule has 0 bridgehead atoms. The van der Waals surface area contributed by atoms with Crippen LogP contribution in [0.4, 0.5) is 4.39 Å². The molecule has 1 saturated carbocycles. The number of rotatable bonds is 9. The number of carbonyl (C=O) groups is 2. The highest BCUT2D eigenvalue weighted by atomic mass is 19.1. The van der Waals surface area contributed by atoms with E-state index >= 15 is 0 Å². The highest BCUT2D eigenvalue weighted by Gasteiger charge is 2.31. The van der Waals surface area contributed by atoms with E-state index in [1.807, 2.05) is 26.0 Å². The second kappa shape index (κ2) is 9.72. The number of furan rings is 1. The molecular formula is C23H29FN2O3. The highest BCUT2D eigenvalue weighted by Crippen LogP contribution is 2.28. The summed E-state index contributed by atoms with van der Waals surface area (Å²) in [6, 6.07) is 9.83. The van der Waals surface area contributed by atoms with Gasteiger partial charge in [-0.05, 0) is 56.0 Å². The third-order valence-corrected chi connectivity index (χ3v) is 5.37. The maximum atomic E-state index is 13.3. The Kier molecular flexibility index (Phi) is 7.07. The van der Waals surface area contributed by atoms with E-state index < -0.39 is 0 Å². The first-order valence-corrected chi connectivity index (χ1v) is 10.3. The summed E-state index contributed by atoms with van der Waals surface area (Å²) in [4.78, 5) is 29.2. The van der Waals surface area contributed by atoms with Gasteiger partial charge in [-0.25, -0.2) is 4.39 Å². The van der Waals surface area contributed by atoms with Crippen LogP contribution in [0.5, 0.6) is 0 Å². The van der Waals surface area contributed by atoms with Crippen molar-refractivity contribution in [1.29, 1.82) is 0 Å². The van der Waals surface area contributed by atoms with E-state index in [9.17, 15) is 14.0 Å². The summed E-state index contributed by atoms with van der Waals surface area (Å²) in [7, 11) is 0. The second-order valence-corrected chi connectivity index (χ2v) is 7.78. The maximum absolute atomic E-state index is 13.3. The lowest BCUT2D eigenvalue weighted by molar-refractivity contribution is -0.145. The highest BCUT2D eigenvalue weighted by molar-refractivity contribution is 5.86. The number of amides is 2. The molecule has 0 N–H and O–H groups in total. The van der Waals surface area contributed by atoms with Crippen molar-refractivity contribution in [2.24, 2.45) is 5.92 Å². The zero-order valence-electron chi connectivity index (χ0n) is 17.2. The fourth-order valence-electron chi connectivity index (χ4n) is 3.51. The van der Waals surface area contributed by atoms with Crippen LogP contribution in [0, 0.1) is 18.7 Å². The molecule has 2 aromatic rings. The lowest BCUT2D eigenvalue weighted by atomic mass is 9.84. The van der Waals surface area contributed by atoms with Gasteiger partial charge in [0.2, 0.25) is 11.8 Å². The van der Waals surface area contributed by atoms with Crippen molar-refractivity contribution in [3.8, 4) is 0 Å².